The number of thiophene rings is 1. The molecule has 0 unspecified atom stereocenters. The molecule has 3 rings (SSSR count). The lowest BCUT2D eigenvalue weighted by atomic mass is 10.1. The van der Waals surface area contributed by atoms with E-state index in [0.29, 0.717) is 24.5 Å². The summed E-state index contributed by atoms with van der Waals surface area (Å²) in [5.41, 5.74) is 0.974. The molecular formula is C15H17NO3S2. The van der Waals surface area contributed by atoms with Crippen molar-refractivity contribution in [3.8, 4) is 5.75 Å². The lowest BCUT2D eigenvalue weighted by Gasteiger charge is -2.18. The summed E-state index contributed by atoms with van der Waals surface area (Å²) in [6, 6.07) is 9.06. The normalized spacial score (nSPS) is 14.5. The van der Waals surface area contributed by atoms with Crippen LogP contribution in [0.2, 0.25) is 0 Å². The molecule has 1 aliphatic rings. The van der Waals surface area contributed by atoms with E-state index in [4.69, 9.17) is 4.74 Å². The highest BCUT2D eigenvalue weighted by atomic mass is 32.2. The fourth-order valence-corrected chi connectivity index (χ4v) is 4.14. The van der Waals surface area contributed by atoms with Gasteiger partial charge in [0.15, 0.2) is 0 Å². The molecule has 0 saturated carbocycles. The molecule has 21 heavy (non-hydrogen) atoms. The van der Waals surface area contributed by atoms with E-state index in [9.17, 15) is 8.42 Å². The maximum Gasteiger partial charge on any atom is 0.240 e. The minimum atomic E-state index is -3.45. The minimum Gasteiger partial charge on any atom is -0.493 e. The van der Waals surface area contributed by atoms with Crippen molar-refractivity contribution in [2.75, 3.05) is 13.2 Å². The summed E-state index contributed by atoms with van der Waals surface area (Å²) < 4.78 is 32.8. The van der Waals surface area contributed by atoms with Gasteiger partial charge in [-0.25, -0.2) is 13.1 Å². The summed E-state index contributed by atoms with van der Waals surface area (Å²) in [5.74, 6) is 0.804. The highest BCUT2D eigenvalue weighted by molar-refractivity contribution is 7.89. The van der Waals surface area contributed by atoms with Crippen LogP contribution in [0.1, 0.15) is 16.9 Å². The van der Waals surface area contributed by atoms with Crippen molar-refractivity contribution >= 4 is 21.4 Å². The van der Waals surface area contributed by atoms with Crippen LogP contribution in [0.3, 0.4) is 0 Å². The summed E-state index contributed by atoms with van der Waals surface area (Å²) in [6.45, 7) is 1.12. The first-order valence-corrected chi connectivity index (χ1v) is 9.29. The van der Waals surface area contributed by atoms with E-state index in [-0.39, 0.29) is 0 Å². The van der Waals surface area contributed by atoms with Gasteiger partial charge in [-0.15, -0.1) is 11.3 Å². The SMILES string of the molecule is O=S(=O)(NCCc1cccs1)c1ccc2c(c1)CCCO2. The highest BCUT2D eigenvalue weighted by Crippen LogP contribution is 2.27. The number of rotatable bonds is 5. The highest BCUT2D eigenvalue weighted by Gasteiger charge is 2.18. The van der Waals surface area contributed by atoms with Crippen LogP contribution < -0.4 is 9.46 Å². The fraction of sp³-hybridized carbons (Fsp3) is 0.333. The smallest absolute Gasteiger partial charge is 0.240 e. The third-order valence-electron chi connectivity index (χ3n) is 3.43. The third kappa shape index (κ3) is 3.45. The Balaban J connectivity index is 1.69. The van der Waals surface area contributed by atoms with Crippen molar-refractivity contribution in [3.63, 3.8) is 0 Å². The summed E-state index contributed by atoms with van der Waals surface area (Å²) >= 11 is 1.64. The number of aryl methyl sites for hydroxylation is 1. The quantitative estimate of drug-likeness (QED) is 0.920. The van der Waals surface area contributed by atoms with Gasteiger partial charge in [-0.2, -0.15) is 0 Å². The van der Waals surface area contributed by atoms with Crippen LogP contribution in [0.5, 0.6) is 5.75 Å². The van der Waals surface area contributed by atoms with E-state index in [1.54, 1.807) is 29.5 Å². The molecule has 0 spiro atoms. The van der Waals surface area contributed by atoms with Crippen LogP contribution in [0.15, 0.2) is 40.6 Å². The maximum absolute atomic E-state index is 12.3. The average Bonchev–Trinajstić information content (AvgIpc) is 3.00. The maximum atomic E-state index is 12.3. The van der Waals surface area contributed by atoms with E-state index in [2.05, 4.69) is 4.72 Å². The zero-order chi connectivity index (χ0) is 14.7. The second-order valence-corrected chi connectivity index (χ2v) is 7.75. The molecule has 6 heteroatoms. The van der Waals surface area contributed by atoms with Crippen molar-refractivity contribution in [1.29, 1.82) is 0 Å². The van der Waals surface area contributed by atoms with Gasteiger partial charge >= 0.3 is 0 Å². The Morgan fingerprint density at radius 1 is 1.29 bits per heavy atom. The van der Waals surface area contributed by atoms with E-state index in [1.807, 2.05) is 17.5 Å². The van der Waals surface area contributed by atoms with Gasteiger partial charge in [-0.3, -0.25) is 0 Å². The molecule has 2 heterocycles. The molecular weight excluding hydrogens is 306 g/mol. The fourth-order valence-electron chi connectivity index (χ4n) is 2.35. The van der Waals surface area contributed by atoms with Crippen LogP contribution in [-0.4, -0.2) is 21.6 Å². The molecule has 0 atom stereocenters. The molecule has 0 amide bonds. The average molecular weight is 323 g/mol. The van der Waals surface area contributed by atoms with Crippen LogP contribution >= 0.6 is 11.3 Å². The van der Waals surface area contributed by atoms with Crippen molar-refractivity contribution < 1.29 is 13.2 Å². The largest absolute Gasteiger partial charge is 0.493 e. The first-order valence-electron chi connectivity index (χ1n) is 6.93. The predicted octanol–water partition coefficient (Wildman–Crippen LogP) is 2.59. The van der Waals surface area contributed by atoms with E-state index in [0.717, 1.165) is 24.2 Å². The Morgan fingerprint density at radius 3 is 3.00 bits per heavy atom. The van der Waals surface area contributed by atoms with Gasteiger partial charge in [0.05, 0.1) is 11.5 Å². The van der Waals surface area contributed by atoms with Crippen LogP contribution in [0.25, 0.3) is 0 Å². The van der Waals surface area contributed by atoms with Gasteiger partial charge in [0.25, 0.3) is 0 Å². The first-order chi connectivity index (χ1) is 10.1. The topological polar surface area (TPSA) is 55.4 Å². The van der Waals surface area contributed by atoms with Crippen molar-refractivity contribution in [2.24, 2.45) is 0 Å². The molecule has 1 aromatic heterocycles. The number of fused-ring (bicyclic) bond motifs is 1. The Hall–Kier alpha value is -1.37. The van der Waals surface area contributed by atoms with E-state index >= 15 is 0 Å². The van der Waals surface area contributed by atoms with Gasteiger partial charge in [0.1, 0.15) is 5.75 Å². The third-order valence-corrected chi connectivity index (χ3v) is 5.83. The molecule has 1 aliphatic heterocycles. The summed E-state index contributed by atoms with van der Waals surface area (Å²) in [7, 11) is -3.45. The lowest BCUT2D eigenvalue weighted by molar-refractivity contribution is 0.288. The monoisotopic (exact) mass is 323 g/mol. The standard InChI is InChI=1S/C15H17NO3S2/c17-21(18,16-8-7-13-4-2-10-20-13)14-5-6-15-12(11-14)3-1-9-19-15/h2,4-6,10-11,16H,1,3,7-9H2. The molecule has 0 fully saturated rings. The van der Waals surface area contributed by atoms with Gasteiger partial charge in [-0.1, -0.05) is 6.07 Å². The Bertz CT molecular complexity index is 709. The molecule has 1 aromatic carbocycles. The zero-order valence-electron chi connectivity index (χ0n) is 11.5. The molecule has 0 aliphatic carbocycles. The number of benzene rings is 1. The van der Waals surface area contributed by atoms with Crippen molar-refractivity contribution in [2.45, 2.75) is 24.2 Å². The van der Waals surface area contributed by atoms with Gasteiger partial charge in [0, 0.05) is 11.4 Å². The summed E-state index contributed by atoms with van der Waals surface area (Å²) in [4.78, 5) is 1.49. The second-order valence-electron chi connectivity index (χ2n) is 4.95. The first kappa shape index (κ1) is 14.6. The number of sulfonamides is 1. The van der Waals surface area contributed by atoms with E-state index in [1.165, 1.54) is 4.88 Å². The van der Waals surface area contributed by atoms with Gasteiger partial charge in [0.2, 0.25) is 10.0 Å². The molecule has 0 bridgehead atoms. The lowest BCUT2D eigenvalue weighted by Crippen LogP contribution is -2.26. The number of nitrogens with one attached hydrogen (secondary N) is 1. The van der Waals surface area contributed by atoms with Crippen LogP contribution in [0.4, 0.5) is 0 Å². The zero-order valence-corrected chi connectivity index (χ0v) is 13.2. The molecule has 0 radical (unpaired) electrons. The predicted molar refractivity (Wildman–Crippen MR) is 83.5 cm³/mol. The molecule has 0 saturated heterocycles. The second kappa shape index (κ2) is 6.17. The molecule has 1 N–H and O–H groups in total. The van der Waals surface area contributed by atoms with Gasteiger partial charge in [-0.05, 0) is 54.5 Å². The van der Waals surface area contributed by atoms with Crippen LogP contribution in [0, 0.1) is 0 Å². The molecule has 2 aromatic rings. The summed E-state index contributed by atoms with van der Waals surface area (Å²) in [6.07, 6.45) is 2.52. The van der Waals surface area contributed by atoms with Gasteiger partial charge < -0.3 is 4.74 Å². The number of hydrogen-bond donors (Lipinski definition) is 1. The van der Waals surface area contributed by atoms with Crippen molar-refractivity contribution in [1.82, 2.24) is 4.72 Å². The van der Waals surface area contributed by atoms with E-state index < -0.39 is 10.0 Å². The minimum absolute atomic E-state index is 0.318. The molecule has 4 nitrogen and oxygen atoms in total. The number of hydrogen-bond acceptors (Lipinski definition) is 4. The Kier molecular flexibility index (Phi) is 4.28. The summed E-state index contributed by atoms with van der Waals surface area (Å²) in [5, 5.41) is 1.99. The molecule has 112 valence electrons. The van der Waals surface area contributed by atoms with Crippen LogP contribution in [-0.2, 0) is 22.9 Å². The Morgan fingerprint density at radius 2 is 2.19 bits per heavy atom. The van der Waals surface area contributed by atoms with Crippen molar-refractivity contribution in [3.05, 3.63) is 46.2 Å². The number of ether oxygens (including phenoxy) is 1. The Labute approximate surface area is 128 Å².